The summed E-state index contributed by atoms with van der Waals surface area (Å²) in [5.74, 6) is -2.34. The summed E-state index contributed by atoms with van der Waals surface area (Å²) in [7, 11) is 3.68. The highest BCUT2D eigenvalue weighted by molar-refractivity contribution is 7.22. The number of thiazole rings is 1. The van der Waals surface area contributed by atoms with Gasteiger partial charge in [0.2, 0.25) is 0 Å². The van der Waals surface area contributed by atoms with Crippen LogP contribution in [0.15, 0.2) is 36.4 Å². The molecule has 3 aromatic rings. The second kappa shape index (κ2) is 9.88. The van der Waals surface area contributed by atoms with E-state index in [2.05, 4.69) is 4.98 Å². The molecular weight excluding hydrogens is 461 g/mol. The Labute approximate surface area is 185 Å². The van der Waals surface area contributed by atoms with E-state index in [4.69, 9.17) is 0 Å². The van der Waals surface area contributed by atoms with E-state index >= 15 is 0 Å². The van der Waals surface area contributed by atoms with Crippen molar-refractivity contribution in [3.63, 3.8) is 0 Å². The third-order valence-electron chi connectivity index (χ3n) is 4.30. The van der Waals surface area contributed by atoms with E-state index in [1.54, 1.807) is 0 Å². The van der Waals surface area contributed by atoms with Crippen molar-refractivity contribution < 1.29 is 26.7 Å². The van der Waals surface area contributed by atoms with Crippen molar-refractivity contribution in [2.75, 3.05) is 32.1 Å². The fourth-order valence-electron chi connectivity index (χ4n) is 2.87. The molecule has 0 saturated carbocycles. The molecule has 0 radical (unpaired) electrons. The summed E-state index contributed by atoms with van der Waals surface area (Å²) in [5.41, 5.74) is -1.20. The molecule has 0 aliphatic rings. The van der Waals surface area contributed by atoms with Gasteiger partial charge in [-0.05, 0) is 51.3 Å². The molecular formula is C20H19ClF5N3OS. The second-order valence-electron chi connectivity index (χ2n) is 6.92. The van der Waals surface area contributed by atoms with Crippen LogP contribution < -0.4 is 4.90 Å². The maximum absolute atomic E-state index is 14.1. The zero-order chi connectivity index (χ0) is 22.1. The number of rotatable bonds is 6. The monoisotopic (exact) mass is 479 g/mol. The number of halogens is 6. The van der Waals surface area contributed by atoms with Gasteiger partial charge in [0, 0.05) is 18.2 Å². The van der Waals surface area contributed by atoms with Gasteiger partial charge in [-0.1, -0.05) is 17.4 Å². The topological polar surface area (TPSA) is 36.4 Å². The lowest BCUT2D eigenvalue weighted by Gasteiger charge is -2.21. The van der Waals surface area contributed by atoms with Crippen LogP contribution in [0.25, 0.3) is 10.2 Å². The van der Waals surface area contributed by atoms with Crippen molar-refractivity contribution in [3.05, 3.63) is 59.2 Å². The number of anilines is 1. The van der Waals surface area contributed by atoms with E-state index in [9.17, 15) is 26.7 Å². The van der Waals surface area contributed by atoms with Crippen molar-refractivity contribution >= 4 is 45.0 Å². The van der Waals surface area contributed by atoms with Crippen molar-refractivity contribution in [1.29, 1.82) is 0 Å². The fraction of sp³-hybridized carbons (Fsp3) is 0.300. The average Bonchev–Trinajstić information content (AvgIpc) is 3.08. The Morgan fingerprint density at radius 1 is 1.10 bits per heavy atom. The molecule has 0 spiro atoms. The zero-order valence-corrected chi connectivity index (χ0v) is 18.2. The quantitative estimate of drug-likeness (QED) is 0.431. The summed E-state index contributed by atoms with van der Waals surface area (Å²) in [6, 6.07) is 5.88. The van der Waals surface area contributed by atoms with Crippen LogP contribution in [0.3, 0.4) is 0 Å². The van der Waals surface area contributed by atoms with Gasteiger partial charge in [0.1, 0.15) is 11.3 Å². The molecule has 11 heteroatoms. The molecule has 0 aliphatic carbocycles. The molecule has 0 aliphatic heterocycles. The van der Waals surface area contributed by atoms with Crippen LogP contribution in [0.5, 0.6) is 0 Å². The molecule has 0 saturated heterocycles. The number of hydrogen-bond acceptors (Lipinski definition) is 4. The maximum atomic E-state index is 14.1. The van der Waals surface area contributed by atoms with Crippen molar-refractivity contribution in [3.8, 4) is 0 Å². The molecule has 3 rings (SSSR count). The average molecular weight is 480 g/mol. The smallest absolute Gasteiger partial charge is 0.309 e. The van der Waals surface area contributed by atoms with E-state index in [0.29, 0.717) is 19.0 Å². The number of hydrogen-bond donors (Lipinski definition) is 0. The number of amides is 1. The van der Waals surface area contributed by atoms with Crippen LogP contribution >= 0.6 is 23.7 Å². The van der Waals surface area contributed by atoms with E-state index in [0.717, 1.165) is 35.6 Å². The van der Waals surface area contributed by atoms with Gasteiger partial charge in [-0.2, -0.15) is 13.2 Å². The number of fused-ring (bicyclic) bond motifs is 1. The lowest BCUT2D eigenvalue weighted by molar-refractivity contribution is -0.137. The van der Waals surface area contributed by atoms with Crippen molar-refractivity contribution in [1.82, 2.24) is 9.88 Å². The molecule has 1 heterocycles. The SMILES string of the molecule is CN(C)CCCN(C(=O)c1cccc(C(F)(F)F)c1)c1nc2c(F)cc(F)cc2s1.Cl. The molecule has 31 heavy (non-hydrogen) atoms. The Morgan fingerprint density at radius 3 is 2.45 bits per heavy atom. The van der Waals surface area contributed by atoms with Crippen molar-refractivity contribution in [2.45, 2.75) is 12.6 Å². The predicted molar refractivity (Wildman–Crippen MR) is 113 cm³/mol. The Morgan fingerprint density at radius 2 is 1.81 bits per heavy atom. The van der Waals surface area contributed by atoms with Crippen LogP contribution in [0.1, 0.15) is 22.3 Å². The third kappa shape index (κ3) is 5.90. The highest BCUT2D eigenvalue weighted by Gasteiger charge is 2.32. The molecule has 0 bridgehead atoms. The van der Waals surface area contributed by atoms with Gasteiger partial charge in [-0.15, -0.1) is 12.4 Å². The van der Waals surface area contributed by atoms with Crippen LogP contribution in [0.2, 0.25) is 0 Å². The summed E-state index contributed by atoms with van der Waals surface area (Å²) in [5, 5.41) is 0.0932. The minimum absolute atomic E-state index is 0. The van der Waals surface area contributed by atoms with Crippen LogP contribution in [0, 0.1) is 11.6 Å². The first-order valence-corrected chi connectivity index (χ1v) is 9.77. The third-order valence-corrected chi connectivity index (χ3v) is 5.33. The summed E-state index contributed by atoms with van der Waals surface area (Å²) in [4.78, 5) is 20.3. The minimum atomic E-state index is -4.59. The van der Waals surface area contributed by atoms with Gasteiger partial charge in [0.15, 0.2) is 10.9 Å². The summed E-state index contributed by atoms with van der Waals surface area (Å²) >= 11 is 0.903. The number of alkyl halides is 3. The summed E-state index contributed by atoms with van der Waals surface area (Å²) in [6.45, 7) is 0.761. The van der Waals surface area contributed by atoms with E-state index in [-0.39, 0.29) is 39.9 Å². The summed E-state index contributed by atoms with van der Waals surface area (Å²) < 4.78 is 66.9. The summed E-state index contributed by atoms with van der Waals surface area (Å²) in [6.07, 6.45) is -4.09. The van der Waals surface area contributed by atoms with Gasteiger partial charge in [0.05, 0.1) is 10.3 Å². The minimum Gasteiger partial charge on any atom is -0.309 e. The molecule has 0 atom stereocenters. The first kappa shape index (κ1) is 25.0. The van der Waals surface area contributed by atoms with Crippen molar-refractivity contribution in [2.24, 2.45) is 0 Å². The van der Waals surface area contributed by atoms with Gasteiger partial charge in [0.25, 0.3) is 5.91 Å². The number of benzene rings is 2. The van der Waals surface area contributed by atoms with Gasteiger partial charge in [-0.3, -0.25) is 9.69 Å². The molecule has 1 aromatic heterocycles. The van der Waals surface area contributed by atoms with Crippen LogP contribution in [0.4, 0.5) is 27.1 Å². The molecule has 2 aromatic carbocycles. The fourth-order valence-corrected chi connectivity index (χ4v) is 3.90. The number of carbonyl (C=O) groups is 1. The Balaban J connectivity index is 0.00000341. The lowest BCUT2D eigenvalue weighted by atomic mass is 10.1. The Bertz CT molecular complexity index is 1070. The molecule has 168 valence electrons. The molecule has 0 fully saturated rings. The first-order valence-electron chi connectivity index (χ1n) is 8.95. The normalized spacial score (nSPS) is 11.6. The maximum Gasteiger partial charge on any atom is 0.416 e. The van der Waals surface area contributed by atoms with Gasteiger partial charge >= 0.3 is 6.18 Å². The van der Waals surface area contributed by atoms with Gasteiger partial charge in [-0.25, -0.2) is 13.8 Å². The molecule has 0 N–H and O–H groups in total. The largest absolute Gasteiger partial charge is 0.416 e. The zero-order valence-electron chi connectivity index (χ0n) is 16.5. The highest BCUT2D eigenvalue weighted by atomic mass is 35.5. The van der Waals surface area contributed by atoms with E-state index < -0.39 is 29.3 Å². The number of carbonyl (C=O) groups excluding carboxylic acids is 1. The molecule has 1 amide bonds. The highest BCUT2D eigenvalue weighted by Crippen LogP contribution is 2.33. The lowest BCUT2D eigenvalue weighted by Crippen LogP contribution is -2.33. The Hall–Kier alpha value is -2.30. The van der Waals surface area contributed by atoms with Gasteiger partial charge < -0.3 is 4.90 Å². The van der Waals surface area contributed by atoms with E-state index in [1.165, 1.54) is 11.0 Å². The predicted octanol–water partition coefficient (Wildman–Crippen LogP) is 5.61. The molecule has 0 unspecified atom stereocenters. The van der Waals surface area contributed by atoms with Crippen LogP contribution in [-0.4, -0.2) is 43.0 Å². The number of aromatic nitrogens is 1. The first-order chi connectivity index (χ1) is 14.1. The van der Waals surface area contributed by atoms with E-state index in [1.807, 2.05) is 19.0 Å². The number of nitrogens with zero attached hydrogens (tertiary/aromatic N) is 3. The second-order valence-corrected chi connectivity index (χ2v) is 7.93. The Kier molecular flexibility index (Phi) is 7.96. The standard InChI is InChI=1S/C20H18F5N3OS.ClH/c1-27(2)7-4-8-28(18(29)12-5-3-6-13(9-12)20(23,24)25)19-26-17-15(22)10-14(21)11-16(17)30-19;/h3,5-6,9-11H,4,7-8H2,1-2H3;1H. The molecule has 4 nitrogen and oxygen atoms in total. The van der Waals surface area contributed by atoms with Crippen LogP contribution in [-0.2, 0) is 6.18 Å².